The topological polar surface area (TPSA) is 59.4 Å². The summed E-state index contributed by atoms with van der Waals surface area (Å²) < 4.78 is 5.31. The Morgan fingerprint density at radius 1 is 1.25 bits per heavy atom. The average Bonchev–Trinajstić information content (AvgIpc) is 2.49. The summed E-state index contributed by atoms with van der Waals surface area (Å²) in [5.41, 5.74) is 0.996. The first-order valence-corrected chi connectivity index (χ1v) is 6.29. The number of aliphatic hydroxyl groups excluding tert-OH is 1. The number of rotatable bonds is 5. The van der Waals surface area contributed by atoms with Gasteiger partial charge in [-0.2, -0.15) is 0 Å². The van der Waals surface area contributed by atoms with E-state index in [1.165, 1.54) is 12.3 Å². The summed E-state index contributed by atoms with van der Waals surface area (Å²) in [6.07, 6.45) is 4.29. The van der Waals surface area contributed by atoms with Crippen LogP contribution in [0, 0.1) is 0 Å². The van der Waals surface area contributed by atoms with Crippen LogP contribution in [-0.4, -0.2) is 22.5 Å². The highest BCUT2D eigenvalue weighted by Crippen LogP contribution is 2.15. The van der Waals surface area contributed by atoms with Gasteiger partial charge in [0, 0.05) is 29.6 Å². The van der Waals surface area contributed by atoms with E-state index in [1.807, 2.05) is 6.92 Å². The highest BCUT2D eigenvalue weighted by Gasteiger charge is 2.06. The van der Waals surface area contributed by atoms with Crippen molar-refractivity contribution >= 4 is 11.5 Å². The van der Waals surface area contributed by atoms with Gasteiger partial charge in [-0.1, -0.05) is 0 Å². The van der Waals surface area contributed by atoms with E-state index in [2.05, 4.69) is 4.98 Å². The molecule has 0 bridgehead atoms. The number of aliphatic hydroxyl groups is 1. The van der Waals surface area contributed by atoms with Crippen LogP contribution in [0.25, 0.3) is 5.76 Å². The van der Waals surface area contributed by atoms with Crippen molar-refractivity contribution in [1.29, 1.82) is 0 Å². The molecule has 2 aromatic rings. The number of ketones is 1. The molecular formula is C16H15NO3. The minimum atomic E-state index is -0.269. The van der Waals surface area contributed by atoms with Crippen molar-refractivity contribution in [2.24, 2.45) is 0 Å². The van der Waals surface area contributed by atoms with Crippen LogP contribution in [0.5, 0.6) is 5.75 Å². The molecule has 0 amide bonds. The summed E-state index contributed by atoms with van der Waals surface area (Å²) in [6.45, 7) is 2.47. The van der Waals surface area contributed by atoms with Crippen LogP contribution in [0.3, 0.4) is 0 Å². The van der Waals surface area contributed by atoms with E-state index in [1.54, 1.807) is 42.6 Å². The molecule has 1 aromatic carbocycles. The Balaban J connectivity index is 2.15. The van der Waals surface area contributed by atoms with Crippen LogP contribution in [0.2, 0.25) is 0 Å². The molecule has 0 aliphatic rings. The van der Waals surface area contributed by atoms with Crippen LogP contribution in [0.4, 0.5) is 0 Å². The Morgan fingerprint density at radius 2 is 2.00 bits per heavy atom. The quantitative estimate of drug-likeness (QED) is 0.514. The number of hydrogen-bond acceptors (Lipinski definition) is 4. The molecule has 0 radical (unpaired) electrons. The third kappa shape index (κ3) is 3.45. The third-order valence-corrected chi connectivity index (χ3v) is 2.67. The fourth-order valence-corrected chi connectivity index (χ4v) is 1.69. The normalized spacial score (nSPS) is 11.2. The molecule has 0 aliphatic carbocycles. The van der Waals surface area contributed by atoms with E-state index in [-0.39, 0.29) is 11.5 Å². The highest BCUT2D eigenvalue weighted by atomic mass is 16.5. The lowest BCUT2D eigenvalue weighted by Gasteiger charge is -2.03. The predicted molar refractivity (Wildman–Crippen MR) is 76.8 cm³/mol. The van der Waals surface area contributed by atoms with Crippen molar-refractivity contribution in [2.45, 2.75) is 6.92 Å². The summed E-state index contributed by atoms with van der Waals surface area (Å²) in [5, 5.41) is 9.87. The van der Waals surface area contributed by atoms with Crippen molar-refractivity contribution in [2.75, 3.05) is 6.61 Å². The lowest BCUT2D eigenvalue weighted by atomic mass is 10.1. The minimum Gasteiger partial charge on any atom is -0.507 e. The molecule has 20 heavy (non-hydrogen) atoms. The number of pyridine rings is 1. The summed E-state index contributed by atoms with van der Waals surface area (Å²) in [7, 11) is 0. The molecule has 4 heteroatoms. The van der Waals surface area contributed by atoms with E-state index in [4.69, 9.17) is 4.74 Å². The molecule has 0 atom stereocenters. The van der Waals surface area contributed by atoms with Crippen molar-refractivity contribution < 1.29 is 14.6 Å². The molecule has 0 saturated heterocycles. The van der Waals surface area contributed by atoms with Crippen LogP contribution in [-0.2, 0) is 0 Å². The molecule has 1 heterocycles. The van der Waals surface area contributed by atoms with Crippen LogP contribution in [0.15, 0.2) is 54.9 Å². The molecule has 1 aromatic heterocycles. The first-order valence-electron chi connectivity index (χ1n) is 6.29. The van der Waals surface area contributed by atoms with Gasteiger partial charge in [-0.15, -0.1) is 0 Å². The summed E-state index contributed by atoms with van der Waals surface area (Å²) in [5.74, 6) is 0.343. The molecule has 4 nitrogen and oxygen atoms in total. The highest BCUT2D eigenvalue weighted by molar-refractivity contribution is 6.07. The van der Waals surface area contributed by atoms with Gasteiger partial charge in [-0.05, 0) is 43.3 Å². The number of benzene rings is 1. The number of aromatic nitrogens is 1. The number of ether oxygens (including phenoxy) is 1. The fraction of sp³-hybridized carbons (Fsp3) is 0.125. The molecule has 102 valence electrons. The second kappa shape index (κ2) is 6.52. The van der Waals surface area contributed by atoms with Crippen molar-refractivity contribution in [3.63, 3.8) is 0 Å². The first-order chi connectivity index (χ1) is 9.70. The van der Waals surface area contributed by atoms with Gasteiger partial charge >= 0.3 is 0 Å². The largest absolute Gasteiger partial charge is 0.507 e. The van der Waals surface area contributed by atoms with Gasteiger partial charge in [0.2, 0.25) is 0 Å². The Hall–Kier alpha value is -2.62. The maximum absolute atomic E-state index is 12.0. The second-order valence-corrected chi connectivity index (χ2v) is 4.09. The molecule has 1 N–H and O–H groups in total. The first kappa shape index (κ1) is 13.8. The molecule has 0 spiro atoms. The lowest BCUT2D eigenvalue weighted by molar-refractivity contribution is 0.104. The molecule has 2 rings (SSSR count). The van der Waals surface area contributed by atoms with E-state index < -0.39 is 0 Å². The van der Waals surface area contributed by atoms with Crippen molar-refractivity contribution in [3.8, 4) is 5.75 Å². The maximum atomic E-state index is 12.0. The van der Waals surface area contributed by atoms with Gasteiger partial charge < -0.3 is 9.84 Å². The smallest absolute Gasteiger partial charge is 0.189 e. The van der Waals surface area contributed by atoms with Crippen molar-refractivity contribution in [1.82, 2.24) is 4.98 Å². The second-order valence-electron chi connectivity index (χ2n) is 4.09. The Bertz CT molecular complexity index is 603. The van der Waals surface area contributed by atoms with Gasteiger partial charge in [0.25, 0.3) is 0 Å². The number of carbonyl (C=O) groups excluding carboxylic acids is 1. The molecule has 0 fully saturated rings. The van der Waals surface area contributed by atoms with E-state index in [9.17, 15) is 9.90 Å². The lowest BCUT2D eigenvalue weighted by Crippen LogP contribution is -1.97. The summed E-state index contributed by atoms with van der Waals surface area (Å²) in [4.78, 5) is 15.9. The van der Waals surface area contributed by atoms with E-state index in [0.717, 1.165) is 0 Å². The van der Waals surface area contributed by atoms with E-state index >= 15 is 0 Å². The van der Waals surface area contributed by atoms with Gasteiger partial charge in [0.1, 0.15) is 11.5 Å². The van der Waals surface area contributed by atoms with Crippen molar-refractivity contribution in [3.05, 3.63) is 66.0 Å². The number of hydrogen-bond donors (Lipinski definition) is 1. The monoisotopic (exact) mass is 269 g/mol. The van der Waals surface area contributed by atoms with Crippen LogP contribution < -0.4 is 4.74 Å². The Kier molecular flexibility index (Phi) is 4.50. The minimum absolute atomic E-state index is 0.100. The maximum Gasteiger partial charge on any atom is 0.189 e. The SMILES string of the molecule is CCOc1ccc(C(=O)/C=C(\O)c2cccnc2)cc1. The Morgan fingerprint density at radius 3 is 2.60 bits per heavy atom. The van der Waals surface area contributed by atoms with Crippen LogP contribution in [0.1, 0.15) is 22.8 Å². The van der Waals surface area contributed by atoms with Gasteiger partial charge in [0.15, 0.2) is 5.78 Å². The number of nitrogens with zero attached hydrogens (tertiary/aromatic N) is 1. The zero-order chi connectivity index (χ0) is 14.4. The molecular weight excluding hydrogens is 254 g/mol. The summed E-state index contributed by atoms with van der Waals surface area (Å²) in [6, 6.07) is 10.2. The fourth-order valence-electron chi connectivity index (χ4n) is 1.69. The predicted octanol–water partition coefficient (Wildman–Crippen LogP) is 3.26. The zero-order valence-corrected chi connectivity index (χ0v) is 11.1. The molecule has 0 unspecified atom stereocenters. The summed E-state index contributed by atoms with van der Waals surface area (Å²) >= 11 is 0. The standard InChI is InChI=1S/C16H15NO3/c1-2-20-14-7-5-12(6-8-14)15(18)10-16(19)13-4-3-9-17-11-13/h3-11,19H,2H2,1H3/b16-10-. The Labute approximate surface area is 117 Å². The van der Waals surface area contributed by atoms with Gasteiger partial charge in [-0.25, -0.2) is 0 Å². The van der Waals surface area contributed by atoms with Gasteiger partial charge in [0.05, 0.1) is 6.61 Å². The van der Waals surface area contributed by atoms with Gasteiger partial charge in [-0.3, -0.25) is 9.78 Å². The molecule has 0 saturated carbocycles. The zero-order valence-electron chi connectivity index (χ0n) is 11.1. The molecule has 0 aliphatic heterocycles. The van der Waals surface area contributed by atoms with E-state index in [0.29, 0.717) is 23.5 Å². The third-order valence-electron chi connectivity index (χ3n) is 2.67. The number of allylic oxidation sites excluding steroid dienone is 1. The number of carbonyl (C=O) groups is 1. The average molecular weight is 269 g/mol. The van der Waals surface area contributed by atoms with Crippen LogP contribution >= 0.6 is 0 Å².